The molecule has 2 fully saturated rings. The predicted molar refractivity (Wildman–Crippen MR) is 267 cm³/mol. The lowest BCUT2D eigenvalue weighted by molar-refractivity contribution is -0.164. The molecular formula is C54H61ClN8O8. The predicted octanol–water partition coefficient (Wildman–Crippen LogP) is 7.21. The number of ether oxygens (including phenoxy) is 2. The summed E-state index contributed by atoms with van der Waals surface area (Å²) in [4.78, 5) is 73.3. The van der Waals surface area contributed by atoms with E-state index in [0.717, 1.165) is 17.1 Å². The molecule has 5 aromatic rings. The van der Waals surface area contributed by atoms with Crippen molar-refractivity contribution in [2.45, 2.75) is 105 Å². The van der Waals surface area contributed by atoms with Gasteiger partial charge in [-0.25, -0.2) is 4.98 Å². The molecule has 2 heterocycles. The molecule has 2 aliphatic rings. The second kappa shape index (κ2) is 20.6. The lowest BCUT2D eigenvalue weighted by Crippen LogP contribution is -2.74. The van der Waals surface area contributed by atoms with E-state index in [1.807, 2.05) is 82.6 Å². The zero-order valence-corrected chi connectivity index (χ0v) is 42.1. The van der Waals surface area contributed by atoms with Crippen molar-refractivity contribution in [2.24, 2.45) is 16.2 Å². The monoisotopic (exact) mass is 984 g/mol. The van der Waals surface area contributed by atoms with Crippen molar-refractivity contribution in [1.82, 2.24) is 35.7 Å². The fourth-order valence-electron chi connectivity index (χ4n) is 9.86. The third-order valence-corrected chi connectivity index (χ3v) is 13.8. The first-order valence-electron chi connectivity index (χ1n) is 23.5. The van der Waals surface area contributed by atoms with Gasteiger partial charge in [0.2, 0.25) is 17.7 Å². The molecule has 17 heteroatoms. The number of aryl methyl sites for hydroxylation is 1. The van der Waals surface area contributed by atoms with Crippen LogP contribution in [0.1, 0.15) is 106 Å². The van der Waals surface area contributed by atoms with Crippen molar-refractivity contribution < 1.29 is 38.6 Å². The molecule has 0 spiro atoms. The van der Waals surface area contributed by atoms with E-state index in [0.29, 0.717) is 33.4 Å². The smallest absolute Gasteiger partial charge is 0.251 e. The molecule has 0 radical (unpaired) electrons. The van der Waals surface area contributed by atoms with E-state index >= 15 is 0 Å². The summed E-state index contributed by atoms with van der Waals surface area (Å²) < 4.78 is 14.3. The summed E-state index contributed by atoms with van der Waals surface area (Å²) in [7, 11) is 0. The van der Waals surface area contributed by atoms with Crippen LogP contribution in [0.3, 0.4) is 0 Å². The van der Waals surface area contributed by atoms with Crippen LogP contribution in [0.25, 0.3) is 5.69 Å². The van der Waals surface area contributed by atoms with Crippen LogP contribution >= 0.6 is 11.6 Å². The Balaban J connectivity index is 0.884. The van der Waals surface area contributed by atoms with E-state index in [4.69, 9.17) is 21.1 Å². The van der Waals surface area contributed by atoms with Gasteiger partial charge in [-0.05, 0) is 97.6 Å². The highest BCUT2D eigenvalue weighted by molar-refractivity contribution is 6.31. The lowest BCUT2D eigenvalue weighted by atomic mass is 9.49. The Hall–Kier alpha value is -7.22. The number of rotatable bonds is 15. The van der Waals surface area contributed by atoms with Gasteiger partial charge in [-0.1, -0.05) is 72.2 Å². The van der Waals surface area contributed by atoms with Gasteiger partial charge in [0.05, 0.1) is 29.3 Å². The number of nitrogens with zero attached hydrogens (tertiary/aromatic N) is 4. The van der Waals surface area contributed by atoms with E-state index in [1.165, 1.54) is 4.90 Å². The highest BCUT2D eigenvalue weighted by Crippen LogP contribution is 2.55. The molecule has 16 nitrogen and oxygen atoms in total. The average molecular weight is 986 g/mol. The van der Waals surface area contributed by atoms with Crippen LogP contribution in [-0.2, 0) is 14.4 Å². The summed E-state index contributed by atoms with van der Waals surface area (Å²) >= 11 is 6.24. The van der Waals surface area contributed by atoms with E-state index in [2.05, 4.69) is 26.3 Å². The molecule has 1 aliphatic carbocycles. The number of benzene rings is 4. The van der Waals surface area contributed by atoms with Gasteiger partial charge in [-0.3, -0.25) is 24.0 Å². The topological polar surface area (TPSA) is 217 Å². The SMILES string of the molecule is Cc1nccn1-c1ccc([C@H](C)NC(=O)[C@@H]2C[C@@H](O)CN2C(=O)C(NC(=O)CNC(=O)c2ccc(Oc3ccc(C(=O)N[C@H]4C(C)(C)[C@H](Oc5ccc(C#N)c(Cl)c5)C4(C)C)cc3)cc2)C(C)(C)C)cc1. The van der Waals surface area contributed by atoms with Crippen LogP contribution < -0.4 is 30.7 Å². The van der Waals surface area contributed by atoms with E-state index in [1.54, 1.807) is 93.7 Å². The highest BCUT2D eigenvalue weighted by atomic mass is 35.5. The Morgan fingerprint density at radius 1 is 0.873 bits per heavy atom. The second-order valence-corrected chi connectivity index (χ2v) is 21.0. The van der Waals surface area contributed by atoms with E-state index in [-0.39, 0.29) is 36.6 Å². The van der Waals surface area contributed by atoms with Crippen LogP contribution in [-0.4, -0.2) is 92.5 Å². The van der Waals surface area contributed by atoms with E-state index in [9.17, 15) is 34.3 Å². The summed E-state index contributed by atoms with van der Waals surface area (Å²) in [5.41, 5.74) is 1.17. The Labute approximate surface area is 419 Å². The number of likely N-dealkylation sites (tertiary alicyclic amines) is 1. The third kappa shape index (κ3) is 11.4. The largest absolute Gasteiger partial charge is 0.489 e. The molecular weight excluding hydrogens is 924 g/mol. The van der Waals surface area contributed by atoms with Gasteiger partial charge in [0.1, 0.15) is 47.3 Å². The Kier molecular flexibility index (Phi) is 15.0. The summed E-state index contributed by atoms with van der Waals surface area (Å²) in [6, 6.07) is 25.0. The minimum atomic E-state index is -1.08. The van der Waals surface area contributed by atoms with Crippen molar-refractivity contribution in [3.63, 3.8) is 0 Å². The van der Waals surface area contributed by atoms with Gasteiger partial charge in [0.15, 0.2) is 0 Å². The van der Waals surface area contributed by atoms with Crippen LogP contribution in [0.4, 0.5) is 0 Å². The molecule has 4 aromatic carbocycles. The molecule has 0 bridgehead atoms. The fourth-order valence-corrected chi connectivity index (χ4v) is 10.1. The first kappa shape index (κ1) is 51.6. The minimum Gasteiger partial charge on any atom is -0.489 e. The third-order valence-electron chi connectivity index (χ3n) is 13.4. The molecule has 1 saturated heterocycles. The Bertz CT molecular complexity index is 2820. The number of nitrogens with one attached hydrogen (secondary N) is 4. The zero-order valence-electron chi connectivity index (χ0n) is 41.4. The van der Waals surface area contributed by atoms with Crippen molar-refractivity contribution in [3.8, 4) is 29.0 Å². The maximum atomic E-state index is 14.1. The van der Waals surface area contributed by atoms with Gasteiger partial charge < -0.3 is 45.3 Å². The molecule has 5 N–H and O–H groups in total. The number of aliphatic hydroxyl groups excluding tert-OH is 1. The number of nitriles is 1. The van der Waals surface area contributed by atoms with Crippen molar-refractivity contribution in [3.05, 3.63) is 136 Å². The number of carbonyl (C=O) groups excluding carboxylic acids is 5. The van der Waals surface area contributed by atoms with Gasteiger partial charge in [-0.2, -0.15) is 5.26 Å². The minimum absolute atomic E-state index is 0.0377. The van der Waals surface area contributed by atoms with Crippen LogP contribution in [0, 0.1) is 34.5 Å². The standard InChI is InChI=1S/C54H61ClN8O8/c1-31(33-10-17-37(18-11-33)62-25-24-57-32(62)2)59-48(68)43-26-38(64)30-63(43)49(69)45(52(3,4)5)60-44(65)29-58-46(66)34-12-19-39(20-13-34)70-40-21-14-35(15-22-40)47(67)61-50-53(6,7)51(54(50,8)9)71-41-23-16-36(28-56)42(55)27-41/h10-25,27,31,38,43,45,50-51,64H,26,29-30H2,1-9H3,(H,58,66)(H,59,68)(H,60,65)(H,61,67)/t31-,38+,43-,45?,50-,51-/m0/s1. The Morgan fingerprint density at radius 2 is 1.46 bits per heavy atom. The van der Waals surface area contributed by atoms with E-state index < -0.39 is 70.6 Å². The van der Waals surface area contributed by atoms with Gasteiger partial charge in [0.25, 0.3) is 11.8 Å². The normalized spacial score (nSPS) is 19.8. The summed E-state index contributed by atoms with van der Waals surface area (Å²) in [5.74, 6) is -0.0638. The molecule has 1 saturated carbocycles. The molecule has 372 valence electrons. The Morgan fingerprint density at radius 3 is 2.01 bits per heavy atom. The van der Waals surface area contributed by atoms with Crippen LogP contribution in [0.15, 0.2) is 103 Å². The van der Waals surface area contributed by atoms with Gasteiger partial charge in [0, 0.05) is 65.1 Å². The van der Waals surface area contributed by atoms with Crippen molar-refractivity contribution >= 4 is 41.1 Å². The first-order valence-corrected chi connectivity index (χ1v) is 23.9. The molecule has 7 rings (SSSR count). The van der Waals surface area contributed by atoms with Crippen molar-refractivity contribution in [2.75, 3.05) is 13.1 Å². The number of amides is 5. The maximum Gasteiger partial charge on any atom is 0.251 e. The number of imidazole rings is 1. The highest BCUT2D eigenvalue weighted by Gasteiger charge is 2.64. The molecule has 71 heavy (non-hydrogen) atoms. The van der Waals surface area contributed by atoms with Crippen molar-refractivity contribution in [1.29, 1.82) is 5.26 Å². The molecule has 1 aliphatic heterocycles. The number of hydrogen-bond acceptors (Lipinski definition) is 10. The maximum absolute atomic E-state index is 14.1. The molecule has 1 aromatic heterocycles. The summed E-state index contributed by atoms with van der Waals surface area (Å²) in [5, 5.41) is 31.7. The number of halogens is 1. The lowest BCUT2D eigenvalue weighted by Gasteiger charge is -2.63. The summed E-state index contributed by atoms with van der Waals surface area (Å²) in [6.07, 6.45) is 2.44. The van der Waals surface area contributed by atoms with Crippen LogP contribution in [0.5, 0.6) is 17.2 Å². The summed E-state index contributed by atoms with van der Waals surface area (Å²) in [6.45, 7) is 16.7. The quantitative estimate of drug-likeness (QED) is 0.0710. The number of aromatic nitrogens is 2. The molecule has 4 atom stereocenters. The zero-order chi connectivity index (χ0) is 51.6. The van der Waals surface area contributed by atoms with Crippen LogP contribution in [0.2, 0.25) is 5.02 Å². The number of hydrogen-bond donors (Lipinski definition) is 5. The fraction of sp³-hybridized carbons (Fsp3) is 0.389. The molecule has 1 unspecified atom stereocenters. The number of β-amino-alcohol motifs (C(OH)–C–C–N with tert-alkyl or cyclic N) is 1. The average Bonchev–Trinajstić information content (AvgIpc) is 3.95. The number of aliphatic hydroxyl groups is 1. The second-order valence-electron chi connectivity index (χ2n) is 20.6. The van der Waals surface area contributed by atoms with Gasteiger partial charge >= 0.3 is 0 Å². The first-order chi connectivity index (χ1) is 33.5. The molecule has 5 amide bonds. The number of carbonyl (C=O) groups is 5. The van der Waals surface area contributed by atoms with Gasteiger partial charge in [-0.15, -0.1) is 0 Å².